The number of nitrogens with one attached hydrogen (secondary N) is 2. The van der Waals surface area contributed by atoms with Gasteiger partial charge in [-0.25, -0.2) is 0 Å². The number of ether oxygens (including phenoxy) is 1. The molecule has 6 nitrogen and oxygen atoms in total. The number of hydrogen-bond acceptors (Lipinski definition) is 5. The van der Waals surface area contributed by atoms with Crippen molar-refractivity contribution in [2.75, 3.05) is 17.7 Å². The molecule has 2 aromatic carbocycles. The fourth-order valence-corrected chi connectivity index (χ4v) is 2.89. The van der Waals surface area contributed by atoms with Gasteiger partial charge in [0.15, 0.2) is 0 Å². The molecule has 0 spiro atoms. The second-order valence-corrected chi connectivity index (χ2v) is 6.12. The molecule has 2 heterocycles. The summed E-state index contributed by atoms with van der Waals surface area (Å²) in [7, 11) is 1.58. The molecule has 2 aromatic heterocycles. The lowest BCUT2D eigenvalue weighted by atomic mass is 10.2. The number of rotatable bonds is 5. The second kappa shape index (κ2) is 7.75. The van der Waals surface area contributed by atoms with Crippen molar-refractivity contribution >= 4 is 33.9 Å². The number of nitrogens with zero attached hydrogens (tertiary/aromatic N) is 2. The Hall–Kier alpha value is -3.93. The van der Waals surface area contributed by atoms with Gasteiger partial charge in [0.1, 0.15) is 11.4 Å². The van der Waals surface area contributed by atoms with Gasteiger partial charge in [-0.15, -0.1) is 0 Å². The Labute approximate surface area is 162 Å². The van der Waals surface area contributed by atoms with Crippen LogP contribution in [0.5, 0.6) is 5.75 Å². The number of carbonyl (C=O) groups excluding carboxylic acids is 1. The van der Waals surface area contributed by atoms with Crippen LogP contribution in [0.25, 0.3) is 10.9 Å². The molecule has 0 saturated heterocycles. The minimum Gasteiger partial charge on any atom is -0.497 e. The average Bonchev–Trinajstić information content (AvgIpc) is 2.74. The van der Waals surface area contributed by atoms with Crippen molar-refractivity contribution in [2.24, 2.45) is 0 Å². The van der Waals surface area contributed by atoms with Gasteiger partial charge in [-0.1, -0.05) is 24.3 Å². The van der Waals surface area contributed by atoms with E-state index < -0.39 is 0 Å². The molecule has 1 amide bonds. The van der Waals surface area contributed by atoms with Crippen LogP contribution in [0.15, 0.2) is 79.1 Å². The van der Waals surface area contributed by atoms with Crippen molar-refractivity contribution in [2.45, 2.75) is 0 Å². The van der Waals surface area contributed by atoms with Crippen LogP contribution in [0.2, 0.25) is 0 Å². The molecular weight excluding hydrogens is 352 g/mol. The van der Waals surface area contributed by atoms with Crippen molar-refractivity contribution in [3.63, 3.8) is 0 Å². The first-order chi connectivity index (χ1) is 13.7. The standard InChI is InChI=1S/C22H18N4O2/c1-28-18-8-3-7-16(13-18)26-22(27)20-14-17(10-12-23-20)25-19-9-2-5-15-6-4-11-24-21(15)19/h2-14H,1H3,(H,23,25)(H,26,27). The number of aromatic nitrogens is 2. The van der Waals surface area contributed by atoms with Crippen molar-refractivity contribution in [3.8, 4) is 5.75 Å². The van der Waals surface area contributed by atoms with E-state index in [1.54, 1.807) is 37.7 Å². The van der Waals surface area contributed by atoms with E-state index in [1.807, 2.05) is 48.5 Å². The normalized spacial score (nSPS) is 10.5. The third kappa shape index (κ3) is 3.76. The summed E-state index contributed by atoms with van der Waals surface area (Å²) in [6.07, 6.45) is 3.36. The van der Waals surface area contributed by atoms with Gasteiger partial charge in [0.05, 0.1) is 18.3 Å². The van der Waals surface area contributed by atoms with Crippen LogP contribution in [-0.2, 0) is 0 Å². The van der Waals surface area contributed by atoms with Crippen LogP contribution in [0.1, 0.15) is 10.5 Å². The van der Waals surface area contributed by atoms with E-state index in [0.717, 1.165) is 22.3 Å². The lowest BCUT2D eigenvalue weighted by Crippen LogP contribution is -2.13. The minimum atomic E-state index is -0.298. The summed E-state index contributed by atoms with van der Waals surface area (Å²) in [5.41, 5.74) is 3.43. The topological polar surface area (TPSA) is 76.1 Å². The van der Waals surface area contributed by atoms with Gasteiger partial charge in [-0.3, -0.25) is 14.8 Å². The van der Waals surface area contributed by atoms with E-state index in [4.69, 9.17) is 4.74 Å². The molecule has 138 valence electrons. The molecule has 0 unspecified atom stereocenters. The zero-order chi connectivity index (χ0) is 19.3. The maximum atomic E-state index is 12.6. The average molecular weight is 370 g/mol. The molecule has 0 fully saturated rings. The van der Waals surface area contributed by atoms with E-state index in [-0.39, 0.29) is 5.91 Å². The van der Waals surface area contributed by atoms with Crippen molar-refractivity contribution < 1.29 is 9.53 Å². The Morgan fingerprint density at radius 1 is 0.893 bits per heavy atom. The third-order valence-corrected chi connectivity index (χ3v) is 4.23. The third-order valence-electron chi connectivity index (χ3n) is 4.23. The molecule has 2 N–H and O–H groups in total. The molecule has 0 bridgehead atoms. The number of carbonyl (C=O) groups is 1. The van der Waals surface area contributed by atoms with Gasteiger partial charge in [0.2, 0.25) is 0 Å². The highest BCUT2D eigenvalue weighted by Crippen LogP contribution is 2.25. The Bertz CT molecular complexity index is 1140. The number of hydrogen-bond donors (Lipinski definition) is 2. The molecular formula is C22H18N4O2. The molecule has 0 atom stereocenters. The second-order valence-electron chi connectivity index (χ2n) is 6.12. The molecule has 0 aliphatic carbocycles. The van der Waals surface area contributed by atoms with Gasteiger partial charge in [0.25, 0.3) is 5.91 Å². The van der Waals surface area contributed by atoms with Crippen LogP contribution in [0, 0.1) is 0 Å². The fourth-order valence-electron chi connectivity index (χ4n) is 2.89. The number of anilines is 3. The van der Waals surface area contributed by atoms with Gasteiger partial charge in [-0.2, -0.15) is 0 Å². The first kappa shape index (κ1) is 17.5. The number of para-hydroxylation sites is 1. The van der Waals surface area contributed by atoms with E-state index in [0.29, 0.717) is 17.1 Å². The summed E-state index contributed by atoms with van der Waals surface area (Å²) in [5, 5.41) is 7.19. The molecule has 6 heteroatoms. The predicted molar refractivity (Wildman–Crippen MR) is 110 cm³/mol. The maximum Gasteiger partial charge on any atom is 0.274 e. The minimum absolute atomic E-state index is 0.298. The largest absolute Gasteiger partial charge is 0.497 e. The Morgan fingerprint density at radius 2 is 1.75 bits per heavy atom. The molecule has 4 aromatic rings. The van der Waals surface area contributed by atoms with Crippen LogP contribution in [0.4, 0.5) is 17.1 Å². The first-order valence-corrected chi connectivity index (χ1v) is 8.75. The van der Waals surface area contributed by atoms with E-state index >= 15 is 0 Å². The Balaban J connectivity index is 1.56. The fraction of sp³-hybridized carbons (Fsp3) is 0.0455. The van der Waals surface area contributed by atoms with Crippen LogP contribution in [0.3, 0.4) is 0 Å². The van der Waals surface area contributed by atoms with Crippen molar-refractivity contribution in [3.05, 3.63) is 84.8 Å². The van der Waals surface area contributed by atoms with Crippen LogP contribution < -0.4 is 15.4 Å². The number of fused-ring (bicyclic) bond motifs is 1. The van der Waals surface area contributed by atoms with E-state index in [2.05, 4.69) is 20.6 Å². The number of amides is 1. The Kier molecular flexibility index (Phi) is 4.84. The van der Waals surface area contributed by atoms with E-state index in [1.165, 1.54) is 0 Å². The molecule has 0 radical (unpaired) electrons. The summed E-state index contributed by atoms with van der Waals surface area (Å²) >= 11 is 0. The monoisotopic (exact) mass is 370 g/mol. The van der Waals surface area contributed by atoms with Crippen LogP contribution in [-0.4, -0.2) is 23.0 Å². The summed E-state index contributed by atoms with van der Waals surface area (Å²) in [6, 6.07) is 20.5. The molecule has 4 rings (SSSR count). The number of pyridine rings is 2. The highest BCUT2D eigenvalue weighted by atomic mass is 16.5. The summed E-state index contributed by atoms with van der Waals surface area (Å²) in [5.74, 6) is 0.373. The zero-order valence-corrected chi connectivity index (χ0v) is 15.2. The van der Waals surface area contributed by atoms with E-state index in [9.17, 15) is 4.79 Å². The highest BCUT2D eigenvalue weighted by Gasteiger charge is 2.10. The lowest BCUT2D eigenvalue weighted by molar-refractivity contribution is 0.102. The Morgan fingerprint density at radius 3 is 2.64 bits per heavy atom. The number of methoxy groups -OCH3 is 1. The zero-order valence-electron chi connectivity index (χ0n) is 15.2. The summed E-state index contributed by atoms with van der Waals surface area (Å²) < 4.78 is 5.18. The lowest BCUT2D eigenvalue weighted by Gasteiger charge is -2.10. The van der Waals surface area contributed by atoms with Crippen molar-refractivity contribution in [1.29, 1.82) is 0 Å². The maximum absolute atomic E-state index is 12.6. The highest BCUT2D eigenvalue weighted by molar-refractivity contribution is 6.03. The van der Waals surface area contributed by atoms with Crippen LogP contribution >= 0.6 is 0 Å². The molecule has 0 aliphatic rings. The van der Waals surface area contributed by atoms with Gasteiger partial charge < -0.3 is 15.4 Å². The van der Waals surface area contributed by atoms with Gasteiger partial charge in [0, 0.05) is 35.2 Å². The number of benzene rings is 2. The summed E-state index contributed by atoms with van der Waals surface area (Å²) in [4.78, 5) is 21.2. The summed E-state index contributed by atoms with van der Waals surface area (Å²) in [6.45, 7) is 0. The molecule has 28 heavy (non-hydrogen) atoms. The first-order valence-electron chi connectivity index (χ1n) is 8.75. The smallest absolute Gasteiger partial charge is 0.274 e. The quantitative estimate of drug-likeness (QED) is 0.535. The van der Waals surface area contributed by atoms with Gasteiger partial charge >= 0.3 is 0 Å². The molecule has 0 aliphatic heterocycles. The van der Waals surface area contributed by atoms with Crippen molar-refractivity contribution in [1.82, 2.24) is 9.97 Å². The van der Waals surface area contributed by atoms with Gasteiger partial charge in [-0.05, 0) is 36.4 Å². The predicted octanol–water partition coefficient (Wildman–Crippen LogP) is 4.63. The SMILES string of the molecule is COc1cccc(NC(=O)c2cc(Nc3cccc4cccnc34)ccn2)c1. The molecule has 0 saturated carbocycles.